The van der Waals surface area contributed by atoms with E-state index in [1.54, 1.807) is 0 Å². The molecule has 1 heterocycles. The van der Waals surface area contributed by atoms with Crippen LogP contribution in [0.4, 0.5) is 0 Å². The molecule has 0 saturated carbocycles. The van der Waals surface area contributed by atoms with Crippen LogP contribution < -0.4 is 5.32 Å². The summed E-state index contributed by atoms with van der Waals surface area (Å²) in [7, 11) is 1.98. The SMILES string of the molecule is CNCC1OCCN(C(C)C)C1c1ccccc1Br. The van der Waals surface area contributed by atoms with E-state index in [-0.39, 0.29) is 6.10 Å². The molecule has 0 aromatic heterocycles. The number of hydrogen-bond acceptors (Lipinski definition) is 3. The van der Waals surface area contributed by atoms with E-state index in [0.29, 0.717) is 12.1 Å². The van der Waals surface area contributed by atoms with Gasteiger partial charge >= 0.3 is 0 Å². The lowest BCUT2D eigenvalue weighted by atomic mass is 9.96. The quantitative estimate of drug-likeness (QED) is 0.920. The minimum absolute atomic E-state index is 0.194. The summed E-state index contributed by atoms with van der Waals surface area (Å²) in [6, 6.07) is 9.28. The maximum atomic E-state index is 6.00. The second-order valence-corrected chi connectivity index (χ2v) is 6.12. The first kappa shape index (κ1) is 15.0. The van der Waals surface area contributed by atoms with E-state index >= 15 is 0 Å². The molecule has 1 N–H and O–H groups in total. The summed E-state index contributed by atoms with van der Waals surface area (Å²) in [5.41, 5.74) is 1.32. The van der Waals surface area contributed by atoms with Crippen LogP contribution in [0.1, 0.15) is 25.5 Å². The largest absolute Gasteiger partial charge is 0.374 e. The van der Waals surface area contributed by atoms with Gasteiger partial charge in [-0.15, -0.1) is 0 Å². The van der Waals surface area contributed by atoms with Crippen molar-refractivity contribution < 1.29 is 4.74 Å². The molecule has 2 atom stereocenters. The second-order valence-electron chi connectivity index (χ2n) is 5.26. The highest BCUT2D eigenvalue weighted by atomic mass is 79.9. The van der Waals surface area contributed by atoms with Crippen LogP contribution in [0.25, 0.3) is 0 Å². The van der Waals surface area contributed by atoms with E-state index in [2.05, 4.69) is 64.3 Å². The number of rotatable bonds is 4. The molecule has 19 heavy (non-hydrogen) atoms. The predicted molar refractivity (Wildman–Crippen MR) is 82.4 cm³/mol. The standard InChI is InChI=1S/C15H23BrN2O/c1-11(2)18-8-9-19-14(10-17-3)15(18)12-6-4-5-7-13(12)16/h4-7,11,14-15,17H,8-10H2,1-3H3. The average Bonchev–Trinajstić information content (AvgIpc) is 2.40. The number of halogens is 1. The van der Waals surface area contributed by atoms with Crippen LogP contribution in [-0.2, 0) is 4.74 Å². The van der Waals surface area contributed by atoms with Gasteiger partial charge in [0, 0.05) is 23.6 Å². The third kappa shape index (κ3) is 3.37. The summed E-state index contributed by atoms with van der Waals surface area (Å²) in [5, 5.41) is 3.25. The Kier molecular flexibility index (Phi) is 5.39. The van der Waals surface area contributed by atoms with Crippen LogP contribution in [0.5, 0.6) is 0 Å². The van der Waals surface area contributed by atoms with E-state index in [0.717, 1.165) is 24.2 Å². The predicted octanol–water partition coefficient (Wildman–Crippen LogP) is 2.82. The number of hydrogen-bond donors (Lipinski definition) is 1. The van der Waals surface area contributed by atoms with Crippen molar-refractivity contribution in [1.29, 1.82) is 0 Å². The zero-order valence-electron chi connectivity index (χ0n) is 11.9. The minimum Gasteiger partial charge on any atom is -0.374 e. The molecule has 0 amide bonds. The van der Waals surface area contributed by atoms with Crippen molar-refractivity contribution >= 4 is 15.9 Å². The molecule has 1 saturated heterocycles. The van der Waals surface area contributed by atoms with Gasteiger partial charge in [-0.2, -0.15) is 0 Å². The molecule has 1 aromatic rings. The molecule has 0 radical (unpaired) electrons. The molecular formula is C15H23BrN2O. The Morgan fingerprint density at radius 3 is 2.79 bits per heavy atom. The molecule has 1 aromatic carbocycles. The van der Waals surface area contributed by atoms with Gasteiger partial charge in [0.05, 0.1) is 18.8 Å². The van der Waals surface area contributed by atoms with Gasteiger partial charge in [-0.05, 0) is 32.5 Å². The fraction of sp³-hybridized carbons (Fsp3) is 0.600. The van der Waals surface area contributed by atoms with Crippen molar-refractivity contribution in [2.24, 2.45) is 0 Å². The van der Waals surface area contributed by atoms with Gasteiger partial charge < -0.3 is 10.1 Å². The number of nitrogens with zero attached hydrogens (tertiary/aromatic N) is 1. The maximum absolute atomic E-state index is 6.00. The summed E-state index contributed by atoms with van der Waals surface area (Å²) in [6.07, 6.45) is 0.194. The van der Waals surface area contributed by atoms with Crippen molar-refractivity contribution in [3.8, 4) is 0 Å². The minimum atomic E-state index is 0.194. The topological polar surface area (TPSA) is 24.5 Å². The molecule has 0 aliphatic carbocycles. The highest BCUT2D eigenvalue weighted by Gasteiger charge is 2.35. The van der Waals surface area contributed by atoms with Crippen LogP contribution in [0.2, 0.25) is 0 Å². The van der Waals surface area contributed by atoms with Gasteiger partial charge in [0.25, 0.3) is 0 Å². The number of benzene rings is 1. The van der Waals surface area contributed by atoms with Gasteiger partial charge in [0.1, 0.15) is 0 Å². The maximum Gasteiger partial charge on any atom is 0.0896 e. The molecule has 4 heteroatoms. The first-order chi connectivity index (χ1) is 9.15. The van der Waals surface area contributed by atoms with Crippen LogP contribution in [0, 0.1) is 0 Å². The Morgan fingerprint density at radius 1 is 1.42 bits per heavy atom. The van der Waals surface area contributed by atoms with Crippen LogP contribution >= 0.6 is 15.9 Å². The average molecular weight is 327 g/mol. The molecule has 1 aliphatic rings. The highest BCUT2D eigenvalue weighted by Crippen LogP contribution is 2.34. The fourth-order valence-corrected chi connectivity index (χ4v) is 3.32. The van der Waals surface area contributed by atoms with Crippen LogP contribution in [0.15, 0.2) is 28.7 Å². The van der Waals surface area contributed by atoms with Crippen molar-refractivity contribution in [2.45, 2.75) is 32.0 Å². The summed E-state index contributed by atoms with van der Waals surface area (Å²) >= 11 is 3.68. The van der Waals surface area contributed by atoms with Crippen molar-refractivity contribution in [3.05, 3.63) is 34.3 Å². The second kappa shape index (κ2) is 6.84. The molecule has 3 nitrogen and oxygen atoms in total. The first-order valence-electron chi connectivity index (χ1n) is 6.91. The highest BCUT2D eigenvalue weighted by molar-refractivity contribution is 9.10. The lowest BCUT2D eigenvalue weighted by Crippen LogP contribution is -2.51. The third-order valence-electron chi connectivity index (χ3n) is 3.68. The van der Waals surface area contributed by atoms with E-state index < -0.39 is 0 Å². The van der Waals surface area contributed by atoms with Crippen LogP contribution in [-0.4, -0.2) is 43.8 Å². The normalized spacial score (nSPS) is 24.9. The summed E-state index contributed by atoms with van der Waals surface area (Å²) < 4.78 is 7.16. The molecule has 2 unspecified atom stereocenters. The molecule has 0 spiro atoms. The Hall–Kier alpha value is -0.420. The number of ether oxygens (including phenoxy) is 1. The Balaban J connectivity index is 2.34. The zero-order valence-corrected chi connectivity index (χ0v) is 13.5. The Labute approximate surface area is 124 Å². The number of likely N-dealkylation sites (N-methyl/N-ethyl adjacent to an activating group) is 1. The Morgan fingerprint density at radius 2 is 2.16 bits per heavy atom. The van der Waals surface area contributed by atoms with E-state index in [9.17, 15) is 0 Å². The third-order valence-corrected chi connectivity index (χ3v) is 4.41. The van der Waals surface area contributed by atoms with Gasteiger partial charge in [-0.1, -0.05) is 34.1 Å². The lowest BCUT2D eigenvalue weighted by molar-refractivity contribution is -0.0817. The summed E-state index contributed by atoms with van der Waals surface area (Å²) in [6.45, 7) is 7.18. The van der Waals surface area contributed by atoms with Gasteiger partial charge in [0.15, 0.2) is 0 Å². The molecule has 1 aliphatic heterocycles. The fourth-order valence-electron chi connectivity index (χ4n) is 2.80. The van der Waals surface area contributed by atoms with Crippen molar-refractivity contribution in [2.75, 3.05) is 26.7 Å². The number of nitrogens with one attached hydrogen (secondary N) is 1. The van der Waals surface area contributed by atoms with Gasteiger partial charge in [0.2, 0.25) is 0 Å². The zero-order chi connectivity index (χ0) is 13.8. The lowest BCUT2D eigenvalue weighted by Gasteiger charge is -2.44. The van der Waals surface area contributed by atoms with Crippen molar-refractivity contribution in [3.63, 3.8) is 0 Å². The Bertz CT molecular complexity index is 409. The molecule has 1 fully saturated rings. The smallest absolute Gasteiger partial charge is 0.0896 e. The summed E-state index contributed by atoms with van der Waals surface area (Å²) in [4.78, 5) is 2.53. The van der Waals surface area contributed by atoms with E-state index in [4.69, 9.17) is 4.74 Å². The molecule has 106 valence electrons. The van der Waals surface area contributed by atoms with E-state index in [1.807, 2.05) is 7.05 Å². The first-order valence-corrected chi connectivity index (χ1v) is 7.70. The van der Waals surface area contributed by atoms with Crippen LogP contribution in [0.3, 0.4) is 0 Å². The van der Waals surface area contributed by atoms with E-state index in [1.165, 1.54) is 5.56 Å². The van der Waals surface area contributed by atoms with Gasteiger partial charge in [-0.3, -0.25) is 4.90 Å². The van der Waals surface area contributed by atoms with Crippen molar-refractivity contribution in [1.82, 2.24) is 10.2 Å². The monoisotopic (exact) mass is 326 g/mol. The number of morpholine rings is 1. The summed E-state index contributed by atoms with van der Waals surface area (Å²) in [5.74, 6) is 0. The molecular weight excluding hydrogens is 304 g/mol. The molecule has 2 rings (SSSR count). The van der Waals surface area contributed by atoms with Gasteiger partial charge in [-0.25, -0.2) is 0 Å². The molecule has 0 bridgehead atoms.